The average molecular weight is 303 g/mol. The van der Waals surface area contributed by atoms with Crippen molar-refractivity contribution in [3.63, 3.8) is 0 Å². The number of benzene rings is 1. The third-order valence-electron chi connectivity index (χ3n) is 3.23. The number of rotatable bonds is 8. The first-order valence-corrected chi connectivity index (χ1v) is 8.02. The Balaban J connectivity index is 1.66. The molecule has 2 rings (SSSR count). The van der Waals surface area contributed by atoms with Crippen LogP contribution in [0.25, 0.3) is 0 Å². The number of carbonyl (C=O) groups is 1. The minimum atomic E-state index is 0.118. The molecule has 2 aromatic rings. The quantitative estimate of drug-likeness (QED) is 0.810. The molecular formula is C17H21NO2S. The maximum Gasteiger partial charge on any atom is 0.220 e. The van der Waals surface area contributed by atoms with Gasteiger partial charge in [0.25, 0.3) is 0 Å². The van der Waals surface area contributed by atoms with E-state index in [9.17, 15) is 4.79 Å². The molecule has 0 unspecified atom stereocenters. The molecule has 0 spiro atoms. The summed E-state index contributed by atoms with van der Waals surface area (Å²) in [6.45, 7) is 1.21. The van der Waals surface area contributed by atoms with Gasteiger partial charge in [-0.15, -0.1) is 11.3 Å². The van der Waals surface area contributed by atoms with Crippen molar-refractivity contribution in [2.45, 2.75) is 32.4 Å². The van der Waals surface area contributed by atoms with Crippen LogP contribution in [0.1, 0.15) is 28.8 Å². The van der Waals surface area contributed by atoms with Crippen molar-refractivity contribution < 1.29 is 9.53 Å². The molecule has 1 aromatic heterocycles. The Bertz CT molecular complexity index is 534. The van der Waals surface area contributed by atoms with E-state index in [1.807, 2.05) is 30.3 Å². The van der Waals surface area contributed by atoms with Gasteiger partial charge in [-0.3, -0.25) is 4.79 Å². The Morgan fingerprint density at radius 3 is 2.62 bits per heavy atom. The van der Waals surface area contributed by atoms with E-state index in [0.717, 1.165) is 24.0 Å². The van der Waals surface area contributed by atoms with Gasteiger partial charge < -0.3 is 10.1 Å². The highest BCUT2D eigenvalue weighted by Gasteiger charge is 2.02. The van der Waals surface area contributed by atoms with Crippen molar-refractivity contribution in [2.24, 2.45) is 0 Å². The number of thiophene rings is 1. The summed E-state index contributed by atoms with van der Waals surface area (Å²) in [5, 5.41) is 5.04. The second kappa shape index (κ2) is 8.60. The first-order chi connectivity index (χ1) is 10.3. The van der Waals surface area contributed by atoms with Crippen molar-refractivity contribution in [2.75, 3.05) is 7.11 Å². The first-order valence-electron chi connectivity index (χ1n) is 7.14. The summed E-state index contributed by atoms with van der Waals surface area (Å²) in [7, 11) is 1.68. The molecule has 0 aliphatic carbocycles. The lowest BCUT2D eigenvalue weighted by Crippen LogP contribution is -2.22. The molecule has 0 atom stereocenters. The monoisotopic (exact) mass is 303 g/mol. The van der Waals surface area contributed by atoms with Crippen LogP contribution in [0.2, 0.25) is 0 Å². The molecule has 4 heteroatoms. The average Bonchev–Trinajstić information content (AvgIpc) is 3.00. The largest absolute Gasteiger partial charge is 0.380 e. The Morgan fingerprint density at radius 1 is 1.19 bits per heavy atom. The molecule has 1 amide bonds. The molecule has 0 saturated carbocycles. The SMILES string of the molecule is COCc1ccc(CNC(=O)CCCc2cccs2)cc1. The van der Waals surface area contributed by atoms with Crippen LogP contribution in [-0.2, 0) is 29.1 Å². The minimum absolute atomic E-state index is 0.118. The van der Waals surface area contributed by atoms with Crippen LogP contribution in [0.4, 0.5) is 0 Å². The lowest BCUT2D eigenvalue weighted by atomic mass is 10.1. The normalized spacial score (nSPS) is 10.5. The summed E-state index contributed by atoms with van der Waals surface area (Å²) < 4.78 is 5.07. The highest BCUT2D eigenvalue weighted by atomic mass is 32.1. The standard InChI is InChI=1S/C17H21NO2S/c1-20-13-15-9-7-14(8-10-15)12-18-17(19)6-2-4-16-5-3-11-21-16/h3,5,7-11H,2,4,6,12-13H2,1H3,(H,18,19). The van der Waals surface area contributed by atoms with E-state index < -0.39 is 0 Å². The van der Waals surface area contributed by atoms with Gasteiger partial charge in [-0.25, -0.2) is 0 Å². The Hall–Kier alpha value is -1.65. The van der Waals surface area contributed by atoms with Crippen LogP contribution in [-0.4, -0.2) is 13.0 Å². The molecule has 112 valence electrons. The topological polar surface area (TPSA) is 38.3 Å². The fraction of sp³-hybridized carbons (Fsp3) is 0.353. The van der Waals surface area contributed by atoms with Gasteiger partial charge in [0.15, 0.2) is 0 Å². The highest BCUT2D eigenvalue weighted by Crippen LogP contribution is 2.12. The zero-order chi connectivity index (χ0) is 14.9. The van der Waals surface area contributed by atoms with Gasteiger partial charge in [0, 0.05) is 25.0 Å². The van der Waals surface area contributed by atoms with E-state index >= 15 is 0 Å². The number of hydrogen-bond donors (Lipinski definition) is 1. The van der Waals surface area contributed by atoms with Crippen LogP contribution in [0.5, 0.6) is 0 Å². The predicted molar refractivity (Wildman–Crippen MR) is 86.3 cm³/mol. The molecule has 0 saturated heterocycles. The lowest BCUT2D eigenvalue weighted by Gasteiger charge is -2.06. The Morgan fingerprint density at radius 2 is 1.95 bits per heavy atom. The summed E-state index contributed by atoms with van der Waals surface area (Å²) in [5.41, 5.74) is 2.25. The lowest BCUT2D eigenvalue weighted by molar-refractivity contribution is -0.121. The Labute approximate surface area is 130 Å². The number of amides is 1. The number of carbonyl (C=O) groups excluding carboxylic acids is 1. The molecule has 1 heterocycles. The molecule has 0 aliphatic rings. The number of aryl methyl sites for hydroxylation is 1. The second-order valence-electron chi connectivity index (χ2n) is 4.96. The number of hydrogen-bond acceptors (Lipinski definition) is 3. The van der Waals surface area contributed by atoms with Gasteiger partial charge in [-0.05, 0) is 35.4 Å². The van der Waals surface area contributed by atoms with Crippen molar-refractivity contribution in [1.29, 1.82) is 0 Å². The number of methoxy groups -OCH3 is 1. The molecular weight excluding hydrogens is 282 g/mol. The predicted octanol–water partition coefficient (Wildman–Crippen LogP) is 3.53. The summed E-state index contributed by atoms with van der Waals surface area (Å²) in [6.07, 6.45) is 2.47. The van der Waals surface area contributed by atoms with Crippen LogP contribution in [0.15, 0.2) is 41.8 Å². The van der Waals surface area contributed by atoms with Crippen LogP contribution >= 0.6 is 11.3 Å². The van der Waals surface area contributed by atoms with Gasteiger partial charge in [0.1, 0.15) is 0 Å². The fourth-order valence-corrected chi connectivity index (χ4v) is 2.84. The van der Waals surface area contributed by atoms with Gasteiger partial charge in [-0.2, -0.15) is 0 Å². The smallest absolute Gasteiger partial charge is 0.220 e. The van der Waals surface area contributed by atoms with E-state index in [0.29, 0.717) is 19.6 Å². The summed E-state index contributed by atoms with van der Waals surface area (Å²) in [4.78, 5) is 13.1. The van der Waals surface area contributed by atoms with Crippen LogP contribution in [0, 0.1) is 0 Å². The molecule has 1 aromatic carbocycles. The zero-order valence-corrected chi connectivity index (χ0v) is 13.1. The van der Waals surface area contributed by atoms with Crippen LogP contribution < -0.4 is 5.32 Å². The van der Waals surface area contributed by atoms with E-state index in [4.69, 9.17) is 4.74 Å². The van der Waals surface area contributed by atoms with E-state index in [-0.39, 0.29) is 5.91 Å². The molecule has 0 radical (unpaired) electrons. The van der Waals surface area contributed by atoms with Crippen molar-refractivity contribution >= 4 is 17.2 Å². The molecule has 0 aliphatic heterocycles. The Kier molecular flexibility index (Phi) is 6.44. The molecule has 21 heavy (non-hydrogen) atoms. The molecule has 0 fully saturated rings. The van der Waals surface area contributed by atoms with E-state index in [1.54, 1.807) is 18.4 Å². The molecule has 0 bridgehead atoms. The summed E-state index contributed by atoms with van der Waals surface area (Å²) in [5.74, 6) is 0.118. The van der Waals surface area contributed by atoms with E-state index in [2.05, 4.69) is 16.8 Å². The number of nitrogens with one attached hydrogen (secondary N) is 1. The second-order valence-corrected chi connectivity index (χ2v) is 5.99. The third-order valence-corrected chi connectivity index (χ3v) is 4.17. The maximum absolute atomic E-state index is 11.8. The highest BCUT2D eigenvalue weighted by molar-refractivity contribution is 7.09. The number of ether oxygens (including phenoxy) is 1. The zero-order valence-electron chi connectivity index (χ0n) is 12.3. The summed E-state index contributed by atoms with van der Waals surface area (Å²) in [6, 6.07) is 12.3. The van der Waals surface area contributed by atoms with Gasteiger partial charge in [0.05, 0.1) is 6.61 Å². The maximum atomic E-state index is 11.8. The minimum Gasteiger partial charge on any atom is -0.380 e. The fourth-order valence-electron chi connectivity index (χ4n) is 2.09. The van der Waals surface area contributed by atoms with Crippen molar-refractivity contribution in [3.05, 3.63) is 57.8 Å². The van der Waals surface area contributed by atoms with Crippen molar-refractivity contribution in [3.8, 4) is 0 Å². The molecule has 1 N–H and O–H groups in total. The van der Waals surface area contributed by atoms with E-state index in [1.165, 1.54) is 4.88 Å². The van der Waals surface area contributed by atoms with Gasteiger partial charge in [-0.1, -0.05) is 30.3 Å². The summed E-state index contributed by atoms with van der Waals surface area (Å²) >= 11 is 1.75. The first kappa shape index (κ1) is 15.7. The third kappa shape index (κ3) is 5.69. The van der Waals surface area contributed by atoms with Gasteiger partial charge >= 0.3 is 0 Å². The van der Waals surface area contributed by atoms with Crippen molar-refractivity contribution in [1.82, 2.24) is 5.32 Å². The molecule has 3 nitrogen and oxygen atoms in total. The van der Waals surface area contributed by atoms with Crippen LogP contribution in [0.3, 0.4) is 0 Å². The van der Waals surface area contributed by atoms with Gasteiger partial charge in [0.2, 0.25) is 5.91 Å².